The minimum absolute atomic E-state index is 0.0900. The van der Waals surface area contributed by atoms with Crippen LogP contribution in [0.4, 0.5) is 0 Å². The van der Waals surface area contributed by atoms with Gasteiger partial charge in [0.25, 0.3) is 5.56 Å². The highest BCUT2D eigenvalue weighted by Gasteiger charge is 1.95. The Labute approximate surface area is 57.7 Å². The lowest BCUT2D eigenvalue weighted by atomic mass is 10.5. The third-order valence-electron chi connectivity index (χ3n) is 1.15. The summed E-state index contributed by atoms with van der Waals surface area (Å²) >= 11 is 0. The first-order valence-electron chi connectivity index (χ1n) is 2.87. The van der Waals surface area contributed by atoms with Gasteiger partial charge in [0.2, 0.25) is 0 Å². The summed E-state index contributed by atoms with van der Waals surface area (Å²) in [5.41, 5.74) is 0.624. The zero-order valence-electron chi connectivity index (χ0n) is 5.59. The Bertz CT molecular complexity index is 314. The molecule has 52 valence electrons. The van der Waals surface area contributed by atoms with Gasteiger partial charge in [-0.2, -0.15) is 5.26 Å². The first kappa shape index (κ1) is 6.62. The van der Waals surface area contributed by atoms with E-state index in [1.807, 2.05) is 6.07 Å². The van der Waals surface area contributed by atoms with Crippen molar-refractivity contribution in [3.8, 4) is 6.07 Å². The van der Waals surface area contributed by atoms with Crippen molar-refractivity contribution in [3.05, 3.63) is 22.1 Å². The van der Waals surface area contributed by atoms with Gasteiger partial charge >= 0.3 is 0 Å². The van der Waals surface area contributed by atoms with Gasteiger partial charge in [-0.25, -0.2) is 4.68 Å². The number of nitrogens with one attached hydrogen (secondary N) is 1. The second kappa shape index (κ2) is 2.40. The summed E-state index contributed by atoms with van der Waals surface area (Å²) in [6.45, 7) is 1.86. The molecular formula is C6H7N3O. The molecule has 0 radical (unpaired) electrons. The molecule has 4 heteroatoms. The maximum Gasteiger partial charge on any atom is 0.267 e. The van der Waals surface area contributed by atoms with Gasteiger partial charge in [0.05, 0.1) is 6.07 Å². The van der Waals surface area contributed by atoms with E-state index in [0.29, 0.717) is 0 Å². The third kappa shape index (κ3) is 1.08. The molecule has 0 atom stereocenters. The first-order chi connectivity index (χ1) is 4.74. The predicted octanol–water partition coefficient (Wildman–Crippen LogP) is 0.00840. The summed E-state index contributed by atoms with van der Waals surface area (Å²) in [6.07, 6.45) is 0. The van der Waals surface area contributed by atoms with Crippen molar-refractivity contribution in [3.63, 3.8) is 0 Å². The fraction of sp³-hybridized carbons (Fsp3) is 0.333. The van der Waals surface area contributed by atoms with E-state index >= 15 is 0 Å². The van der Waals surface area contributed by atoms with Gasteiger partial charge in [-0.1, -0.05) is 0 Å². The molecular weight excluding hydrogens is 130 g/mol. The van der Waals surface area contributed by atoms with E-state index in [2.05, 4.69) is 5.10 Å². The van der Waals surface area contributed by atoms with Crippen LogP contribution in [0.2, 0.25) is 0 Å². The number of rotatable bonds is 1. The van der Waals surface area contributed by atoms with E-state index in [0.717, 1.165) is 5.69 Å². The fourth-order valence-corrected chi connectivity index (χ4v) is 0.752. The fourth-order valence-electron chi connectivity index (χ4n) is 0.752. The molecule has 0 spiro atoms. The van der Waals surface area contributed by atoms with Crippen LogP contribution in [0.5, 0.6) is 0 Å². The Balaban J connectivity index is 3.06. The molecule has 1 aromatic rings. The number of nitrogens with zero attached hydrogens (tertiary/aromatic N) is 2. The second-order valence-electron chi connectivity index (χ2n) is 2.02. The minimum Gasteiger partial charge on any atom is -0.299 e. The largest absolute Gasteiger partial charge is 0.299 e. The van der Waals surface area contributed by atoms with E-state index in [1.54, 1.807) is 6.92 Å². The number of H-pyrrole nitrogens is 1. The van der Waals surface area contributed by atoms with Gasteiger partial charge in [0.15, 0.2) is 0 Å². The average Bonchev–Trinajstić information content (AvgIpc) is 2.13. The zero-order valence-corrected chi connectivity index (χ0v) is 5.59. The quantitative estimate of drug-likeness (QED) is 0.592. The lowest BCUT2D eigenvalue weighted by Crippen LogP contribution is -2.14. The van der Waals surface area contributed by atoms with Crippen LogP contribution in [-0.4, -0.2) is 9.78 Å². The molecule has 0 aliphatic carbocycles. The maximum absolute atomic E-state index is 10.8. The van der Waals surface area contributed by atoms with Crippen LogP contribution in [0.15, 0.2) is 10.9 Å². The van der Waals surface area contributed by atoms with Gasteiger partial charge in [-0.15, -0.1) is 0 Å². The minimum atomic E-state index is -0.154. The molecule has 0 saturated heterocycles. The monoisotopic (exact) mass is 137 g/mol. The lowest BCUT2D eigenvalue weighted by molar-refractivity contribution is 0.678. The molecule has 0 unspecified atom stereocenters. The van der Waals surface area contributed by atoms with E-state index in [9.17, 15) is 4.79 Å². The van der Waals surface area contributed by atoms with Gasteiger partial charge in [-0.3, -0.25) is 9.89 Å². The number of hydrogen-bond donors (Lipinski definition) is 1. The Morgan fingerprint density at radius 3 is 3.00 bits per heavy atom. The molecule has 1 rings (SSSR count). The Morgan fingerprint density at radius 1 is 1.90 bits per heavy atom. The summed E-state index contributed by atoms with van der Waals surface area (Å²) in [5, 5.41) is 11.0. The number of aromatic amines is 1. The van der Waals surface area contributed by atoms with Crippen LogP contribution in [-0.2, 0) is 6.54 Å². The molecule has 0 fully saturated rings. The Morgan fingerprint density at radius 2 is 2.60 bits per heavy atom. The zero-order chi connectivity index (χ0) is 7.56. The Hall–Kier alpha value is -1.50. The molecule has 0 aliphatic heterocycles. The van der Waals surface area contributed by atoms with Crippen molar-refractivity contribution < 1.29 is 0 Å². The van der Waals surface area contributed by atoms with Crippen molar-refractivity contribution in [2.75, 3.05) is 0 Å². The normalized spacial score (nSPS) is 9.20. The summed E-state index contributed by atoms with van der Waals surface area (Å²) in [6, 6.07) is 3.33. The SMILES string of the molecule is Cc1cc(=O)n(CC#N)[nH]1. The molecule has 0 saturated carbocycles. The molecule has 0 amide bonds. The molecule has 0 aliphatic rings. The van der Waals surface area contributed by atoms with E-state index in [4.69, 9.17) is 5.26 Å². The van der Waals surface area contributed by atoms with Gasteiger partial charge in [0, 0.05) is 11.8 Å². The lowest BCUT2D eigenvalue weighted by Gasteiger charge is -1.89. The molecule has 1 N–H and O–H groups in total. The molecule has 1 aromatic heterocycles. The maximum atomic E-state index is 10.8. The standard InChI is InChI=1S/C6H7N3O/c1-5-4-6(10)9(8-5)3-2-7/h4,8H,3H2,1H3. The van der Waals surface area contributed by atoms with Crippen molar-refractivity contribution in [1.29, 1.82) is 5.26 Å². The summed E-state index contributed by atoms with van der Waals surface area (Å²) in [5.74, 6) is 0. The predicted molar refractivity (Wildman–Crippen MR) is 35.4 cm³/mol. The number of hydrogen-bond acceptors (Lipinski definition) is 2. The molecule has 10 heavy (non-hydrogen) atoms. The van der Waals surface area contributed by atoms with Crippen LogP contribution in [0.25, 0.3) is 0 Å². The third-order valence-corrected chi connectivity index (χ3v) is 1.15. The van der Waals surface area contributed by atoms with Crippen LogP contribution in [0.1, 0.15) is 5.69 Å². The van der Waals surface area contributed by atoms with Crippen molar-refractivity contribution >= 4 is 0 Å². The van der Waals surface area contributed by atoms with Gasteiger partial charge in [-0.05, 0) is 6.92 Å². The second-order valence-corrected chi connectivity index (χ2v) is 2.02. The van der Waals surface area contributed by atoms with E-state index in [-0.39, 0.29) is 12.1 Å². The van der Waals surface area contributed by atoms with E-state index in [1.165, 1.54) is 10.7 Å². The van der Waals surface area contributed by atoms with Crippen molar-refractivity contribution in [2.24, 2.45) is 0 Å². The smallest absolute Gasteiger partial charge is 0.267 e. The van der Waals surface area contributed by atoms with Gasteiger partial charge in [0.1, 0.15) is 6.54 Å². The van der Waals surface area contributed by atoms with Crippen LogP contribution in [0.3, 0.4) is 0 Å². The number of aromatic nitrogens is 2. The molecule has 0 bridgehead atoms. The molecule has 0 aromatic carbocycles. The number of nitriles is 1. The van der Waals surface area contributed by atoms with Crippen LogP contribution in [0, 0.1) is 18.3 Å². The van der Waals surface area contributed by atoms with E-state index < -0.39 is 0 Å². The van der Waals surface area contributed by atoms with Crippen LogP contribution < -0.4 is 5.56 Å². The highest BCUT2D eigenvalue weighted by Crippen LogP contribution is 1.83. The van der Waals surface area contributed by atoms with Crippen molar-refractivity contribution in [2.45, 2.75) is 13.5 Å². The molecule has 1 heterocycles. The van der Waals surface area contributed by atoms with Gasteiger partial charge < -0.3 is 0 Å². The highest BCUT2D eigenvalue weighted by atomic mass is 16.1. The van der Waals surface area contributed by atoms with Crippen molar-refractivity contribution in [1.82, 2.24) is 9.78 Å². The average molecular weight is 137 g/mol. The number of aryl methyl sites for hydroxylation is 1. The summed E-state index contributed by atoms with van der Waals surface area (Å²) in [4.78, 5) is 10.8. The first-order valence-corrected chi connectivity index (χ1v) is 2.87. The topological polar surface area (TPSA) is 61.6 Å². The summed E-state index contributed by atoms with van der Waals surface area (Å²) in [7, 11) is 0. The molecule has 4 nitrogen and oxygen atoms in total. The summed E-state index contributed by atoms with van der Waals surface area (Å²) < 4.78 is 1.26. The van der Waals surface area contributed by atoms with Crippen LogP contribution >= 0.6 is 0 Å². The Kier molecular flexibility index (Phi) is 1.59. The highest BCUT2D eigenvalue weighted by molar-refractivity contribution is 4.96.